The van der Waals surface area contributed by atoms with Crippen LogP contribution in [0.3, 0.4) is 0 Å². The Morgan fingerprint density at radius 2 is 1.54 bits per heavy atom. The molecule has 0 radical (unpaired) electrons. The first-order chi connectivity index (χ1) is 11.6. The Kier molecular flexibility index (Phi) is 4.92. The maximum atomic E-state index is 13.4. The molecule has 0 fully saturated rings. The molecule has 0 aliphatic rings. The average molecular weight is 340 g/mol. The molecule has 0 aliphatic carbocycles. The van der Waals surface area contributed by atoms with Crippen LogP contribution in [0.5, 0.6) is 0 Å². The first-order valence-electron chi connectivity index (χ1n) is 7.50. The van der Waals surface area contributed by atoms with Crippen molar-refractivity contribution in [3.8, 4) is 0 Å². The highest BCUT2D eigenvalue weighted by atomic mass is 35.5. The fourth-order valence-electron chi connectivity index (χ4n) is 2.50. The van der Waals surface area contributed by atoms with E-state index in [0.29, 0.717) is 5.02 Å². The van der Waals surface area contributed by atoms with Crippen LogP contribution in [-0.4, -0.2) is 5.91 Å². The van der Waals surface area contributed by atoms with Gasteiger partial charge >= 0.3 is 0 Å². The zero-order valence-electron chi connectivity index (χ0n) is 12.7. The molecule has 1 N–H and O–H groups in total. The Balaban J connectivity index is 1.93. The molecule has 3 aromatic carbocycles. The molecule has 1 atom stereocenters. The van der Waals surface area contributed by atoms with Crippen LogP contribution in [0, 0.1) is 5.82 Å². The third-order valence-electron chi connectivity index (χ3n) is 3.70. The summed E-state index contributed by atoms with van der Waals surface area (Å²) in [7, 11) is 0. The van der Waals surface area contributed by atoms with Crippen LogP contribution < -0.4 is 5.32 Å². The van der Waals surface area contributed by atoms with Gasteiger partial charge in [0.15, 0.2) is 0 Å². The molecule has 0 bridgehead atoms. The first kappa shape index (κ1) is 16.2. The van der Waals surface area contributed by atoms with E-state index in [0.717, 1.165) is 11.1 Å². The minimum absolute atomic E-state index is 0.282. The van der Waals surface area contributed by atoms with Crippen molar-refractivity contribution in [1.29, 1.82) is 0 Å². The highest BCUT2D eigenvalue weighted by Gasteiger charge is 2.18. The molecule has 0 saturated heterocycles. The zero-order valence-corrected chi connectivity index (χ0v) is 13.5. The first-order valence-corrected chi connectivity index (χ1v) is 7.88. The maximum Gasteiger partial charge on any atom is 0.252 e. The summed E-state index contributed by atoms with van der Waals surface area (Å²) in [4.78, 5) is 12.5. The molecule has 0 spiro atoms. The van der Waals surface area contributed by atoms with E-state index in [-0.39, 0.29) is 17.5 Å². The third kappa shape index (κ3) is 3.81. The van der Waals surface area contributed by atoms with Crippen molar-refractivity contribution >= 4 is 17.5 Å². The molecule has 120 valence electrons. The minimum Gasteiger partial charge on any atom is -0.341 e. The SMILES string of the molecule is O=C(N[C@H](c1ccccc1)c1ccc(Cl)cc1)c1cccc(F)c1. The van der Waals surface area contributed by atoms with Gasteiger partial charge in [0.1, 0.15) is 5.82 Å². The van der Waals surface area contributed by atoms with Crippen LogP contribution in [0.25, 0.3) is 0 Å². The summed E-state index contributed by atoms with van der Waals surface area (Å²) >= 11 is 5.95. The third-order valence-corrected chi connectivity index (χ3v) is 3.95. The summed E-state index contributed by atoms with van der Waals surface area (Å²) in [5.41, 5.74) is 2.12. The van der Waals surface area contributed by atoms with Gasteiger partial charge in [-0.25, -0.2) is 4.39 Å². The number of carbonyl (C=O) groups is 1. The van der Waals surface area contributed by atoms with E-state index in [1.165, 1.54) is 18.2 Å². The molecule has 0 aliphatic heterocycles. The summed E-state index contributed by atoms with van der Waals surface area (Å²) in [6, 6.07) is 22.2. The predicted octanol–water partition coefficient (Wildman–Crippen LogP) is 5.00. The van der Waals surface area contributed by atoms with Crippen molar-refractivity contribution in [2.24, 2.45) is 0 Å². The summed E-state index contributed by atoms with van der Waals surface area (Å²) in [6.07, 6.45) is 0. The van der Waals surface area contributed by atoms with Crippen LogP contribution in [0.15, 0.2) is 78.9 Å². The van der Waals surface area contributed by atoms with Crippen LogP contribution in [-0.2, 0) is 0 Å². The van der Waals surface area contributed by atoms with Gasteiger partial charge in [-0.1, -0.05) is 60.1 Å². The van der Waals surface area contributed by atoms with E-state index in [9.17, 15) is 9.18 Å². The summed E-state index contributed by atoms with van der Waals surface area (Å²) in [5.74, 6) is -0.774. The van der Waals surface area contributed by atoms with Crippen LogP contribution in [0.2, 0.25) is 5.02 Å². The largest absolute Gasteiger partial charge is 0.341 e. The molecule has 2 nitrogen and oxygen atoms in total. The number of hydrogen-bond acceptors (Lipinski definition) is 1. The minimum atomic E-state index is -0.439. The van der Waals surface area contributed by atoms with Crippen LogP contribution >= 0.6 is 11.6 Å². The van der Waals surface area contributed by atoms with E-state index in [2.05, 4.69) is 5.32 Å². The van der Waals surface area contributed by atoms with E-state index in [1.54, 1.807) is 18.2 Å². The van der Waals surface area contributed by atoms with Gasteiger partial charge in [0.2, 0.25) is 0 Å². The highest BCUT2D eigenvalue weighted by molar-refractivity contribution is 6.30. The topological polar surface area (TPSA) is 29.1 Å². The van der Waals surface area contributed by atoms with Crippen LogP contribution in [0.4, 0.5) is 4.39 Å². The van der Waals surface area contributed by atoms with Gasteiger partial charge in [-0.2, -0.15) is 0 Å². The fraction of sp³-hybridized carbons (Fsp3) is 0.0500. The van der Waals surface area contributed by atoms with E-state index in [4.69, 9.17) is 11.6 Å². The smallest absolute Gasteiger partial charge is 0.252 e. The Labute approximate surface area is 144 Å². The van der Waals surface area contributed by atoms with Gasteiger partial charge < -0.3 is 5.32 Å². The monoisotopic (exact) mass is 339 g/mol. The van der Waals surface area contributed by atoms with Gasteiger partial charge in [-0.15, -0.1) is 0 Å². The number of rotatable bonds is 4. The number of nitrogens with one attached hydrogen (secondary N) is 1. The molecule has 24 heavy (non-hydrogen) atoms. The van der Waals surface area contributed by atoms with E-state index >= 15 is 0 Å². The molecule has 3 aromatic rings. The number of amides is 1. The normalized spacial score (nSPS) is 11.8. The maximum absolute atomic E-state index is 13.4. The predicted molar refractivity (Wildman–Crippen MR) is 93.6 cm³/mol. The second kappa shape index (κ2) is 7.28. The number of halogens is 2. The van der Waals surface area contributed by atoms with Gasteiger partial charge in [-0.05, 0) is 41.5 Å². The fourth-order valence-corrected chi connectivity index (χ4v) is 2.63. The lowest BCUT2D eigenvalue weighted by Crippen LogP contribution is -2.29. The van der Waals surface area contributed by atoms with E-state index in [1.807, 2.05) is 42.5 Å². The second-order valence-corrected chi connectivity index (χ2v) is 5.82. The molecule has 0 heterocycles. The van der Waals surface area contributed by atoms with Crippen molar-refractivity contribution in [3.05, 3.63) is 106 Å². The van der Waals surface area contributed by atoms with Crippen molar-refractivity contribution < 1.29 is 9.18 Å². The van der Waals surface area contributed by atoms with Gasteiger partial charge in [0.25, 0.3) is 5.91 Å². The van der Waals surface area contributed by atoms with Crippen molar-refractivity contribution in [2.45, 2.75) is 6.04 Å². The highest BCUT2D eigenvalue weighted by Crippen LogP contribution is 2.24. The Bertz CT molecular complexity index is 834. The summed E-state index contributed by atoms with van der Waals surface area (Å²) in [6.45, 7) is 0. The summed E-state index contributed by atoms with van der Waals surface area (Å²) < 4.78 is 13.4. The van der Waals surface area contributed by atoms with Gasteiger partial charge in [-0.3, -0.25) is 4.79 Å². The molecular formula is C20H15ClFNO. The molecule has 3 rings (SSSR count). The second-order valence-electron chi connectivity index (χ2n) is 5.38. The number of hydrogen-bond donors (Lipinski definition) is 1. The lowest BCUT2D eigenvalue weighted by atomic mass is 9.98. The van der Waals surface area contributed by atoms with Gasteiger partial charge in [0, 0.05) is 10.6 Å². The number of carbonyl (C=O) groups excluding carboxylic acids is 1. The quantitative estimate of drug-likeness (QED) is 0.712. The van der Waals surface area contributed by atoms with Crippen molar-refractivity contribution in [2.75, 3.05) is 0 Å². The van der Waals surface area contributed by atoms with E-state index < -0.39 is 5.82 Å². The van der Waals surface area contributed by atoms with Crippen molar-refractivity contribution in [1.82, 2.24) is 5.32 Å². The Hall–Kier alpha value is -2.65. The Morgan fingerprint density at radius 3 is 2.21 bits per heavy atom. The lowest BCUT2D eigenvalue weighted by Gasteiger charge is -2.20. The standard InChI is InChI=1S/C20H15ClFNO/c21-17-11-9-15(10-12-17)19(14-5-2-1-3-6-14)23-20(24)16-7-4-8-18(22)13-16/h1-13,19H,(H,23,24)/t19-/m1/s1. The molecule has 0 aromatic heterocycles. The van der Waals surface area contributed by atoms with Crippen LogP contribution in [0.1, 0.15) is 27.5 Å². The molecular weight excluding hydrogens is 325 g/mol. The molecule has 0 saturated carbocycles. The summed E-state index contributed by atoms with van der Waals surface area (Å²) in [5, 5.41) is 3.59. The average Bonchev–Trinajstić information content (AvgIpc) is 2.61. The molecule has 4 heteroatoms. The lowest BCUT2D eigenvalue weighted by molar-refractivity contribution is 0.0942. The number of benzene rings is 3. The van der Waals surface area contributed by atoms with Crippen molar-refractivity contribution in [3.63, 3.8) is 0 Å². The van der Waals surface area contributed by atoms with Gasteiger partial charge in [0.05, 0.1) is 6.04 Å². The zero-order chi connectivity index (χ0) is 16.9. The Morgan fingerprint density at radius 1 is 0.875 bits per heavy atom. The molecule has 0 unspecified atom stereocenters. The molecule has 1 amide bonds.